The number of carbonyl (C=O) groups is 2. The van der Waals surface area contributed by atoms with Crippen molar-refractivity contribution in [2.75, 3.05) is 13.6 Å². The summed E-state index contributed by atoms with van der Waals surface area (Å²) in [5.41, 5.74) is 2.07. The number of benzene rings is 2. The van der Waals surface area contributed by atoms with E-state index in [1.54, 1.807) is 18.5 Å². The van der Waals surface area contributed by atoms with E-state index in [1.807, 2.05) is 68.4 Å². The Hall–Kier alpha value is -3.98. The van der Waals surface area contributed by atoms with Crippen LogP contribution in [0, 0.1) is 11.3 Å². The van der Waals surface area contributed by atoms with Gasteiger partial charge in [-0.25, -0.2) is 14.8 Å². The second-order valence-corrected chi connectivity index (χ2v) is 9.83. The molecule has 1 aromatic heterocycles. The summed E-state index contributed by atoms with van der Waals surface area (Å²) < 4.78 is 0. The van der Waals surface area contributed by atoms with Crippen molar-refractivity contribution >= 4 is 29.5 Å². The van der Waals surface area contributed by atoms with Crippen molar-refractivity contribution in [2.45, 2.75) is 25.3 Å². The van der Waals surface area contributed by atoms with E-state index in [0.717, 1.165) is 20.9 Å². The molecule has 2 aromatic carbocycles. The third-order valence-electron chi connectivity index (χ3n) is 5.51. The smallest absolute Gasteiger partial charge is 0.332 e. The molecule has 1 aliphatic rings. The highest BCUT2D eigenvalue weighted by Gasteiger charge is 2.40. The quantitative estimate of drug-likeness (QED) is 0.341. The van der Waals surface area contributed by atoms with Gasteiger partial charge in [0, 0.05) is 43.0 Å². The maximum Gasteiger partial charge on any atom is 0.332 e. The average Bonchev–Trinajstić information content (AvgIpc) is 2.90. The average molecular weight is 501 g/mol. The molecule has 3 amide bonds. The fraction of sp³-hybridized carbons (Fsp3) is 0.222. The van der Waals surface area contributed by atoms with Gasteiger partial charge in [0.15, 0.2) is 5.82 Å². The number of urea groups is 1. The summed E-state index contributed by atoms with van der Waals surface area (Å²) >= 11 is 1.37. The van der Waals surface area contributed by atoms with Crippen LogP contribution in [0.4, 0.5) is 4.79 Å². The molecular formula is C27H28N6O2S. The van der Waals surface area contributed by atoms with Crippen molar-refractivity contribution in [3.63, 3.8) is 0 Å². The van der Waals surface area contributed by atoms with Crippen LogP contribution in [0.5, 0.6) is 0 Å². The van der Waals surface area contributed by atoms with E-state index in [-0.39, 0.29) is 17.3 Å². The predicted molar refractivity (Wildman–Crippen MR) is 141 cm³/mol. The van der Waals surface area contributed by atoms with Gasteiger partial charge < -0.3 is 5.32 Å². The van der Waals surface area contributed by atoms with Gasteiger partial charge in [-0.1, -0.05) is 68.1 Å². The van der Waals surface area contributed by atoms with Gasteiger partial charge in [-0.05, 0) is 29.7 Å². The lowest BCUT2D eigenvalue weighted by Crippen LogP contribution is -2.56. The van der Waals surface area contributed by atoms with E-state index in [2.05, 4.69) is 15.3 Å². The molecule has 9 heteroatoms. The zero-order valence-electron chi connectivity index (χ0n) is 20.4. The molecule has 0 atom stereocenters. The molecule has 184 valence electrons. The Balaban J connectivity index is 1.65. The molecule has 2 heterocycles. The molecule has 0 spiro atoms. The van der Waals surface area contributed by atoms with Crippen molar-refractivity contribution in [1.29, 1.82) is 5.41 Å². The zero-order valence-corrected chi connectivity index (χ0v) is 21.2. The number of amidine groups is 1. The number of likely N-dealkylation sites (N-methyl/N-ethyl adjacent to an activating group) is 1. The van der Waals surface area contributed by atoms with E-state index < -0.39 is 11.9 Å². The molecule has 2 N–H and O–H groups in total. The molecule has 36 heavy (non-hydrogen) atoms. The number of thioether (sulfide) groups is 1. The molecule has 4 rings (SSSR count). The van der Waals surface area contributed by atoms with E-state index in [9.17, 15) is 9.59 Å². The molecule has 1 fully saturated rings. The Morgan fingerprint density at radius 1 is 1.00 bits per heavy atom. The molecule has 1 aliphatic heterocycles. The molecule has 8 nitrogen and oxygen atoms in total. The lowest BCUT2D eigenvalue weighted by molar-refractivity contribution is -0.123. The highest BCUT2D eigenvalue weighted by atomic mass is 32.2. The number of imide groups is 1. The Bertz CT molecular complexity index is 1280. The van der Waals surface area contributed by atoms with E-state index in [1.165, 1.54) is 23.7 Å². The van der Waals surface area contributed by atoms with Gasteiger partial charge in [0.1, 0.15) is 11.4 Å². The number of hydrogen-bond donors (Lipinski definition) is 2. The minimum absolute atomic E-state index is 0.0840. The molecule has 0 unspecified atom stereocenters. The number of hydrogen-bond acceptors (Lipinski definition) is 7. The highest BCUT2D eigenvalue weighted by molar-refractivity contribution is 8.03. The summed E-state index contributed by atoms with van der Waals surface area (Å²) in [4.78, 5) is 37.9. The van der Waals surface area contributed by atoms with Crippen LogP contribution in [0.2, 0.25) is 0 Å². The van der Waals surface area contributed by atoms with Crippen molar-refractivity contribution in [3.8, 4) is 11.4 Å². The Morgan fingerprint density at radius 2 is 1.67 bits per heavy atom. The van der Waals surface area contributed by atoms with Crippen molar-refractivity contribution in [1.82, 2.24) is 25.1 Å². The zero-order chi connectivity index (χ0) is 25.7. The van der Waals surface area contributed by atoms with Gasteiger partial charge in [-0.3, -0.25) is 20.0 Å². The van der Waals surface area contributed by atoms with Gasteiger partial charge in [-0.15, -0.1) is 0 Å². The molecule has 1 saturated heterocycles. The van der Waals surface area contributed by atoms with Crippen molar-refractivity contribution < 1.29 is 9.59 Å². The summed E-state index contributed by atoms with van der Waals surface area (Å²) in [7, 11) is 1.46. The fourth-order valence-electron chi connectivity index (χ4n) is 3.69. The fourth-order valence-corrected chi connectivity index (χ4v) is 4.65. The number of rotatable bonds is 8. The van der Waals surface area contributed by atoms with Crippen LogP contribution in [0.25, 0.3) is 11.4 Å². The topological polar surface area (TPSA) is 102 Å². The summed E-state index contributed by atoms with van der Waals surface area (Å²) in [5, 5.41) is 12.7. The summed E-state index contributed by atoms with van der Waals surface area (Å²) in [6, 6.07) is 18.8. The van der Waals surface area contributed by atoms with Crippen LogP contribution in [-0.4, -0.2) is 51.1 Å². The molecular weight excluding hydrogens is 472 g/mol. The second-order valence-electron chi connectivity index (χ2n) is 8.74. The van der Waals surface area contributed by atoms with Gasteiger partial charge in [0.05, 0.1) is 5.03 Å². The maximum atomic E-state index is 13.2. The van der Waals surface area contributed by atoms with Crippen LogP contribution in [0.3, 0.4) is 0 Å². The van der Waals surface area contributed by atoms with E-state index in [4.69, 9.17) is 5.41 Å². The first-order valence-corrected chi connectivity index (χ1v) is 12.4. The van der Waals surface area contributed by atoms with Crippen LogP contribution in [-0.2, 0) is 11.3 Å². The molecule has 3 aromatic rings. The number of amides is 3. The van der Waals surface area contributed by atoms with Gasteiger partial charge in [0.25, 0.3) is 5.91 Å². The maximum absolute atomic E-state index is 13.2. The number of nitrogens with one attached hydrogen (secondary N) is 2. The van der Waals surface area contributed by atoms with Gasteiger partial charge >= 0.3 is 6.03 Å². The highest BCUT2D eigenvalue weighted by Crippen LogP contribution is 2.31. The minimum atomic E-state index is -0.493. The normalized spacial score (nSPS) is 15.5. The molecule has 0 radical (unpaired) electrons. The number of aromatic nitrogens is 2. The largest absolute Gasteiger partial charge is 0.375 e. The van der Waals surface area contributed by atoms with Crippen molar-refractivity contribution in [3.05, 3.63) is 89.2 Å². The van der Waals surface area contributed by atoms with Crippen LogP contribution in [0.15, 0.2) is 88.6 Å². The van der Waals surface area contributed by atoms with E-state index in [0.29, 0.717) is 23.9 Å². The third kappa shape index (κ3) is 5.63. The summed E-state index contributed by atoms with van der Waals surface area (Å²) in [6.45, 7) is 4.73. The first-order chi connectivity index (χ1) is 17.3. The van der Waals surface area contributed by atoms with Crippen LogP contribution < -0.4 is 5.32 Å². The summed E-state index contributed by atoms with van der Waals surface area (Å²) in [6.07, 6.45) is 3.41. The Kier molecular flexibility index (Phi) is 7.80. The second kappa shape index (κ2) is 11.2. The number of carbonyl (C=O) groups excluding carboxylic acids is 2. The first-order valence-electron chi connectivity index (χ1n) is 11.6. The first kappa shape index (κ1) is 25.1. The Morgan fingerprint density at radius 3 is 2.31 bits per heavy atom. The monoisotopic (exact) mass is 500 g/mol. The van der Waals surface area contributed by atoms with Crippen LogP contribution in [0.1, 0.15) is 19.4 Å². The van der Waals surface area contributed by atoms with E-state index >= 15 is 0 Å². The standard InChI is InChI=1S/C27H28N6O2S/c1-18(2)17-33-23(28)22(26(34)32(3)27(33)35)25(36-21-8-5-4-6-9-21)31-16-19-10-12-20(13-11-19)24-29-14-7-15-30-24/h4-15,18,28,31H,16-17H2,1-3H3/b25-22-,28-23?. The molecule has 0 aliphatic carbocycles. The SMILES string of the molecule is CC(C)CN1C(=N)/C(=C(\NCc2ccc(-c3ncccn3)cc2)Sc2ccccc2)C(=O)N(C)C1=O. The van der Waals surface area contributed by atoms with Gasteiger partial charge in [0.2, 0.25) is 0 Å². The van der Waals surface area contributed by atoms with Crippen molar-refractivity contribution in [2.24, 2.45) is 5.92 Å². The number of nitrogens with zero attached hydrogens (tertiary/aromatic N) is 4. The third-order valence-corrected chi connectivity index (χ3v) is 6.57. The predicted octanol–water partition coefficient (Wildman–Crippen LogP) is 4.76. The summed E-state index contributed by atoms with van der Waals surface area (Å²) in [5.74, 6) is 0.216. The van der Waals surface area contributed by atoms with Gasteiger partial charge in [-0.2, -0.15) is 0 Å². The minimum Gasteiger partial charge on any atom is -0.375 e. The molecule has 0 bridgehead atoms. The lowest BCUT2D eigenvalue weighted by atomic mass is 10.1. The van der Waals surface area contributed by atoms with Crippen LogP contribution >= 0.6 is 11.8 Å². The Labute approximate surface area is 215 Å². The molecule has 0 saturated carbocycles. The lowest BCUT2D eigenvalue weighted by Gasteiger charge is -2.35.